The first-order valence-corrected chi connectivity index (χ1v) is 12.3. The summed E-state index contributed by atoms with van der Waals surface area (Å²) in [6.07, 6.45) is 1.16. The van der Waals surface area contributed by atoms with E-state index in [1.54, 1.807) is 32.9 Å². The van der Waals surface area contributed by atoms with Crippen LogP contribution >= 0.6 is 11.8 Å². The van der Waals surface area contributed by atoms with Crippen LogP contribution in [0.15, 0.2) is 41.3 Å². The fourth-order valence-electron chi connectivity index (χ4n) is 4.34. The number of thioether (sulfide) groups is 1. The van der Waals surface area contributed by atoms with Crippen molar-refractivity contribution in [2.24, 2.45) is 0 Å². The minimum absolute atomic E-state index is 0.0132. The van der Waals surface area contributed by atoms with Gasteiger partial charge in [-0.2, -0.15) is 5.48 Å². The van der Waals surface area contributed by atoms with Crippen molar-refractivity contribution in [3.05, 3.63) is 57.9 Å². The molecule has 2 aliphatic heterocycles. The van der Waals surface area contributed by atoms with Crippen LogP contribution in [0.4, 0.5) is 0 Å². The molecule has 196 valence electrons. The Morgan fingerprint density at radius 2 is 1.81 bits per heavy atom. The molecule has 13 heteroatoms. The van der Waals surface area contributed by atoms with Crippen molar-refractivity contribution in [2.45, 2.75) is 55.9 Å². The number of aryl methyl sites for hydroxylation is 1. The predicted octanol–water partition coefficient (Wildman–Crippen LogP) is 0.257. The molecule has 1 aromatic heterocycles. The zero-order valence-electron chi connectivity index (χ0n) is 20.3. The van der Waals surface area contributed by atoms with Crippen LogP contribution in [0.25, 0.3) is 0 Å². The van der Waals surface area contributed by atoms with E-state index in [0.717, 1.165) is 12.3 Å². The summed E-state index contributed by atoms with van der Waals surface area (Å²) in [6.45, 7) is 5.48. The molecule has 2 aromatic rings. The van der Waals surface area contributed by atoms with Gasteiger partial charge in [0.05, 0.1) is 6.42 Å². The summed E-state index contributed by atoms with van der Waals surface area (Å²) < 4.78 is 0.473. The molecule has 0 saturated carbocycles. The number of phenols is 1. The molecule has 3 atom stereocenters. The molecule has 4 N–H and O–H groups in total. The topological polar surface area (TPSA) is 167 Å². The lowest BCUT2D eigenvalue weighted by atomic mass is 9.96. The zero-order chi connectivity index (χ0) is 27.1. The SMILES string of the molecule is CCn1cc(C(=O)NOC(=O)[C@@H]2N3C(=O)[C@@H](NC(=O)Cc4ccc(O)cc4)[C@H]3SC2(C)C)c(=O)cc1O. The molecule has 0 bridgehead atoms. The van der Waals surface area contributed by atoms with Crippen molar-refractivity contribution < 1.29 is 34.2 Å². The lowest BCUT2D eigenvalue weighted by molar-refractivity contribution is -0.167. The average Bonchev–Trinajstić information content (AvgIpc) is 3.10. The van der Waals surface area contributed by atoms with Gasteiger partial charge in [-0.3, -0.25) is 19.2 Å². The number of rotatable bonds is 6. The van der Waals surface area contributed by atoms with Crippen molar-refractivity contribution in [3.8, 4) is 11.6 Å². The van der Waals surface area contributed by atoms with Gasteiger partial charge in [-0.05, 0) is 38.5 Å². The predicted molar refractivity (Wildman–Crippen MR) is 131 cm³/mol. The van der Waals surface area contributed by atoms with E-state index in [1.807, 2.05) is 5.48 Å². The summed E-state index contributed by atoms with van der Waals surface area (Å²) in [4.78, 5) is 69.1. The lowest BCUT2D eigenvalue weighted by Crippen LogP contribution is -2.71. The van der Waals surface area contributed by atoms with E-state index in [1.165, 1.54) is 33.4 Å². The molecule has 37 heavy (non-hydrogen) atoms. The van der Waals surface area contributed by atoms with Crippen molar-refractivity contribution in [3.63, 3.8) is 0 Å². The van der Waals surface area contributed by atoms with Crippen molar-refractivity contribution in [2.75, 3.05) is 0 Å². The van der Waals surface area contributed by atoms with Gasteiger partial charge < -0.3 is 29.8 Å². The van der Waals surface area contributed by atoms with E-state index in [9.17, 15) is 34.2 Å². The number of phenolic OH excluding ortho intramolecular Hbond substituents is 1. The normalized spacial score (nSPS) is 21.5. The summed E-state index contributed by atoms with van der Waals surface area (Å²) >= 11 is 1.32. The third kappa shape index (κ3) is 4.99. The molecule has 0 radical (unpaired) electrons. The second kappa shape index (κ2) is 9.81. The smallest absolute Gasteiger partial charge is 0.355 e. The van der Waals surface area contributed by atoms with Crippen LogP contribution in [0.5, 0.6) is 11.6 Å². The Hall–Kier alpha value is -4.00. The Morgan fingerprint density at radius 3 is 2.46 bits per heavy atom. The number of aromatic hydroxyl groups is 2. The molecule has 2 fully saturated rings. The standard InChI is InChI=1S/C24H26N4O8S/c1-4-27-11-14(15(30)10-17(27)32)20(33)26-36-23(35)19-24(2,3)37-22-18(21(34)28(19)22)25-16(31)9-12-5-7-13(29)8-6-12/h5-8,10-11,18-19,22,29,32H,4,9H2,1-3H3,(H,25,31)(H,26,33)/t18-,19+,22-/m1/s1. The van der Waals surface area contributed by atoms with E-state index in [-0.39, 0.29) is 29.5 Å². The Labute approximate surface area is 215 Å². The van der Waals surface area contributed by atoms with Gasteiger partial charge in [0.2, 0.25) is 11.8 Å². The zero-order valence-corrected chi connectivity index (χ0v) is 21.1. The number of carbonyl (C=O) groups excluding carboxylic acids is 4. The highest BCUT2D eigenvalue weighted by Gasteiger charge is 2.64. The number of aromatic nitrogens is 1. The second-order valence-corrected chi connectivity index (χ2v) is 11.0. The van der Waals surface area contributed by atoms with Crippen molar-refractivity contribution >= 4 is 35.5 Å². The largest absolute Gasteiger partial charge is 0.508 e. The van der Waals surface area contributed by atoms with E-state index >= 15 is 0 Å². The second-order valence-electron chi connectivity index (χ2n) is 9.20. The number of fused-ring (bicyclic) bond motifs is 1. The first-order chi connectivity index (χ1) is 17.4. The fourth-order valence-corrected chi connectivity index (χ4v) is 5.97. The van der Waals surface area contributed by atoms with E-state index in [4.69, 9.17) is 4.84 Å². The van der Waals surface area contributed by atoms with Gasteiger partial charge in [0.25, 0.3) is 5.91 Å². The van der Waals surface area contributed by atoms with E-state index in [0.29, 0.717) is 12.1 Å². The van der Waals surface area contributed by atoms with Gasteiger partial charge in [-0.25, -0.2) is 4.79 Å². The molecule has 2 aliphatic rings. The molecule has 12 nitrogen and oxygen atoms in total. The number of amides is 3. The average molecular weight is 531 g/mol. The Kier molecular flexibility index (Phi) is 6.91. The van der Waals surface area contributed by atoms with Gasteiger partial charge in [0, 0.05) is 23.6 Å². The first kappa shape index (κ1) is 26.1. The van der Waals surface area contributed by atoms with Gasteiger partial charge in [0.15, 0.2) is 11.3 Å². The van der Waals surface area contributed by atoms with E-state index < -0.39 is 45.4 Å². The Balaban J connectivity index is 1.39. The maximum atomic E-state index is 12.9. The number of carbonyl (C=O) groups is 4. The molecule has 1 aromatic carbocycles. The van der Waals surface area contributed by atoms with Crippen molar-refractivity contribution in [1.29, 1.82) is 0 Å². The molecule has 0 spiro atoms. The van der Waals surface area contributed by atoms with Gasteiger partial charge in [-0.15, -0.1) is 11.8 Å². The molecule has 3 amide bonds. The Bertz CT molecular complexity index is 1320. The van der Waals surface area contributed by atoms with Crippen LogP contribution < -0.4 is 16.2 Å². The highest BCUT2D eigenvalue weighted by Crippen LogP contribution is 2.51. The highest BCUT2D eigenvalue weighted by molar-refractivity contribution is 8.01. The van der Waals surface area contributed by atoms with Gasteiger partial charge in [-0.1, -0.05) is 12.1 Å². The summed E-state index contributed by atoms with van der Waals surface area (Å²) in [5.74, 6) is -2.95. The number of benzene rings is 1. The number of pyridine rings is 1. The monoisotopic (exact) mass is 530 g/mol. The maximum Gasteiger partial charge on any atom is 0.355 e. The Morgan fingerprint density at radius 1 is 1.14 bits per heavy atom. The van der Waals surface area contributed by atoms with Crippen LogP contribution in [-0.2, 0) is 32.2 Å². The molecule has 0 unspecified atom stereocenters. The first-order valence-electron chi connectivity index (χ1n) is 11.4. The van der Waals surface area contributed by atoms with Crippen LogP contribution in [0, 0.1) is 0 Å². The number of hydroxylamine groups is 1. The minimum atomic E-state index is -1.05. The summed E-state index contributed by atoms with van der Waals surface area (Å²) in [5, 5.41) is 21.3. The number of hydrogen-bond donors (Lipinski definition) is 4. The summed E-state index contributed by atoms with van der Waals surface area (Å²) in [6, 6.07) is 5.14. The number of nitrogens with one attached hydrogen (secondary N) is 2. The summed E-state index contributed by atoms with van der Waals surface area (Å²) in [7, 11) is 0. The lowest BCUT2D eigenvalue weighted by Gasteiger charge is -2.43. The number of nitrogens with zero attached hydrogens (tertiary/aromatic N) is 2. The van der Waals surface area contributed by atoms with E-state index in [2.05, 4.69) is 5.32 Å². The van der Waals surface area contributed by atoms with Gasteiger partial charge in [0.1, 0.15) is 28.8 Å². The molecule has 3 heterocycles. The number of β-lactam (4-membered cyclic amide) rings is 1. The third-order valence-corrected chi connectivity index (χ3v) is 7.79. The van der Waals surface area contributed by atoms with Gasteiger partial charge >= 0.3 is 5.97 Å². The molecular formula is C24H26N4O8S. The molecule has 0 aliphatic carbocycles. The van der Waals surface area contributed by atoms with Crippen molar-refractivity contribution in [1.82, 2.24) is 20.3 Å². The summed E-state index contributed by atoms with van der Waals surface area (Å²) in [5.41, 5.74) is 1.53. The highest BCUT2D eigenvalue weighted by atomic mass is 32.2. The van der Waals surface area contributed by atoms with Crippen LogP contribution in [0.3, 0.4) is 0 Å². The molecule has 4 rings (SSSR count). The fraction of sp³-hybridized carbons (Fsp3) is 0.375. The molecule has 2 saturated heterocycles. The van der Waals surface area contributed by atoms with Crippen LogP contribution in [-0.4, -0.2) is 65.6 Å². The third-order valence-electron chi connectivity index (χ3n) is 6.22. The number of hydrogen-bond acceptors (Lipinski definition) is 9. The minimum Gasteiger partial charge on any atom is -0.508 e. The molecular weight excluding hydrogens is 504 g/mol. The quantitative estimate of drug-likeness (QED) is 0.302. The van der Waals surface area contributed by atoms with Crippen LogP contribution in [0.1, 0.15) is 36.7 Å². The van der Waals surface area contributed by atoms with Crippen LogP contribution in [0.2, 0.25) is 0 Å². The maximum absolute atomic E-state index is 12.9.